The van der Waals surface area contributed by atoms with Gasteiger partial charge >= 0.3 is 0 Å². The maximum absolute atomic E-state index is 12.0. The van der Waals surface area contributed by atoms with Crippen LogP contribution in [-0.2, 0) is 17.8 Å². The molecule has 0 fully saturated rings. The molecule has 0 bridgehead atoms. The molecule has 1 amide bonds. The van der Waals surface area contributed by atoms with E-state index in [1.807, 2.05) is 44.1 Å². The fourth-order valence-corrected chi connectivity index (χ4v) is 4.59. The van der Waals surface area contributed by atoms with E-state index < -0.39 is 0 Å². The molecule has 0 spiro atoms. The highest BCUT2D eigenvalue weighted by molar-refractivity contribution is 7.19. The van der Waals surface area contributed by atoms with Gasteiger partial charge in [0, 0.05) is 37.6 Å². The summed E-state index contributed by atoms with van der Waals surface area (Å²) in [5.41, 5.74) is 3.96. The average molecular weight is 397 g/mol. The van der Waals surface area contributed by atoms with Crippen LogP contribution in [-0.4, -0.2) is 36.5 Å². The van der Waals surface area contributed by atoms with Crippen LogP contribution in [0.1, 0.15) is 23.8 Å². The van der Waals surface area contributed by atoms with E-state index in [4.69, 9.17) is 0 Å². The molecule has 0 saturated carbocycles. The van der Waals surface area contributed by atoms with Gasteiger partial charge < -0.3 is 20.9 Å². The van der Waals surface area contributed by atoms with Gasteiger partial charge in [-0.25, -0.2) is 9.97 Å². The Kier molecular flexibility index (Phi) is 5.15. The van der Waals surface area contributed by atoms with E-state index >= 15 is 0 Å². The van der Waals surface area contributed by atoms with E-state index in [0.717, 1.165) is 52.6 Å². The first-order chi connectivity index (χ1) is 13.6. The number of carbonyl (C=O) groups excluding carboxylic acids is 1. The van der Waals surface area contributed by atoms with Crippen molar-refractivity contribution in [3.05, 3.63) is 35.0 Å². The monoisotopic (exact) mass is 396 g/mol. The van der Waals surface area contributed by atoms with Gasteiger partial charge in [-0.1, -0.05) is 6.92 Å². The molecule has 8 heteroatoms. The summed E-state index contributed by atoms with van der Waals surface area (Å²) in [6.07, 6.45) is 3.02. The third kappa shape index (κ3) is 3.53. The summed E-state index contributed by atoms with van der Waals surface area (Å²) in [5, 5.41) is 11.0. The molecule has 0 radical (unpaired) electrons. The van der Waals surface area contributed by atoms with E-state index in [1.165, 1.54) is 10.4 Å². The predicted octanol–water partition coefficient (Wildman–Crippen LogP) is 3.50. The first-order valence-electron chi connectivity index (χ1n) is 9.41. The Balaban J connectivity index is 1.72. The number of hydrogen-bond acceptors (Lipinski definition) is 7. The first-order valence-corrected chi connectivity index (χ1v) is 10.2. The van der Waals surface area contributed by atoms with Crippen LogP contribution in [0.25, 0.3) is 10.2 Å². The van der Waals surface area contributed by atoms with Gasteiger partial charge in [0.05, 0.1) is 16.8 Å². The summed E-state index contributed by atoms with van der Waals surface area (Å²) in [6.45, 7) is 3.71. The second kappa shape index (κ2) is 7.73. The number of benzene rings is 1. The highest BCUT2D eigenvalue weighted by Crippen LogP contribution is 2.37. The van der Waals surface area contributed by atoms with Crippen molar-refractivity contribution in [2.75, 3.05) is 36.2 Å². The number of nitrogens with zero attached hydrogens (tertiary/aromatic N) is 3. The third-order valence-electron chi connectivity index (χ3n) is 4.84. The molecule has 1 aliphatic heterocycles. The Labute approximate surface area is 168 Å². The summed E-state index contributed by atoms with van der Waals surface area (Å²) < 4.78 is 0. The van der Waals surface area contributed by atoms with Crippen molar-refractivity contribution in [3.8, 4) is 0 Å². The fraction of sp³-hybridized carbons (Fsp3) is 0.350. The smallest absolute Gasteiger partial charge is 0.224 e. The van der Waals surface area contributed by atoms with Crippen LogP contribution >= 0.6 is 11.3 Å². The van der Waals surface area contributed by atoms with Crippen molar-refractivity contribution >= 4 is 50.3 Å². The Morgan fingerprint density at radius 1 is 1.32 bits per heavy atom. The van der Waals surface area contributed by atoms with Crippen molar-refractivity contribution in [2.24, 2.45) is 0 Å². The van der Waals surface area contributed by atoms with Crippen LogP contribution in [0.5, 0.6) is 0 Å². The van der Waals surface area contributed by atoms with Gasteiger partial charge in [-0.15, -0.1) is 11.3 Å². The minimum atomic E-state index is -0.0101. The SMILES string of the molecule is CCC(=O)Nc1cc(Nc2ncnc3sc4c(c23)CCNC4)ccc1N(C)C. The standard InChI is InChI=1S/C20H24N6OS/c1-4-17(27)25-14-9-12(5-6-15(14)26(2)3)24-19-18-13-7-8-21-10-16(13)28-20(18)23-11-22-19/h5-6,9,11,21H,4,7-8,10H2,1-3H3,(H,25,27)(H,22,23,24). The lowest BCUT2D eigenvalue weighted by molar-refractivity contribution is -0.115. The van der Waals surface area contributed by atoms with E-state index in [1.54, 1.807) is 17.7 Å². The van der Waals surface area contributed by atoms with Crippen molar-refractivity contribution in [1.82, 2.24) is 15.3 Å². The highest BCUT2D eigenvalue weighted by Gasteiger charge is 2.20. The average Bonchev–Trinajstić information content (AvgIpc) is 3.07. The number of thiophene rings is 1. The van der Waals surface area contributed by atoms with Crippen molar-refractivity contribution in [2.45, 2.75) is 26.3 Å². The molecule has 146 valence electrons. The lowest BCUT2D eigenvalue weighted by Crippen LogP contribution is -2.22. The summed E-state index contributed by atoms with van der Waals surface area (Å²) in [5.74, 6) is 0.804. The number of amides is 1. The Bertz CT molecular complexity index is 1030. The molecular weight excluding hydrogens is 372 g/mol. The maximum Gasteiger partial charge on any atom is 0.224 e. The highest BCUT2D eigenvalue weighted by atomic mass is 32.1. The van der Waals surface area contributed by atoms with Crippen molar-refractivity contribution in [1.29, 1.82) is 0 Å². The quantitative estimate of drug-likeness (QED) is 0.612. The number of nitrogens with one attached hydrogen (secondary N) is 3. The van der Waals surface area contributed by atoms with Crippen LogP contribution in [0.4, 0.5) is 22.9 Å². The minimum absolute atomic E-state index is 0.0101. The molecular formula is C20H24N6OS. The normalized spacial score (nSPS) is 13.2. The third-order valence-corrected chi connectivity index (χ3v) is 5.98. The molecule has 3 aromatic rings. The van der Waals surface area contributed by atoms with E-state index in [-0.39, 0.29) is 5.91 Å². The molecule has 28 heavy (non-hydrogen) atoms. The topological polar surface area (TPSA) is 82.2 Å². The summed E-state index contributed by atoms with van der Waals surface area (Å²) in [7, 11) is 3.92. The second-order valence-electron chi connectivity index (χ2n) is 6.99. The molecule has 0 unspecified atom stereocenters. The van der Waals surface area contributed by atoms with Crippen LogP contribution in [0.3, 0.4) is 0 Å². The molecule has 3 heterocycles. The number of hydrogen-bond donors (Lipinski definition) is 3. The molecule has 0 aliphatic carbocycles. The number of fused-ring (bicyclic) bond motifs is 3. The number of aromatic nitrogens is 2. The molecule has 4 rings (SSSR count). The van der Waals surface area contributed by atoms with E-state index in [2.05, 4.69) is 25.9 Å². The van der Waals surface area contributed by atoms with Crippen molar-refractivity contribution < 1.29 is 4.79 Å². The Morgan fingerprint density at radius 3 is 2.96 bits per heavy atom. The minimum Gasteiger partial charge on any atom is -0.376 e. The van der Waals surface area contributed by atoms with Crippen LogP contribution in [0.2, 0.25) is 0 Å². The van der Waals surface area contributed by atoms with Gasteiger partial charge in [-0.3, -0.25) is 4.79 Å². The number of carbonyl (C=O) groups is 1. The van der Waals surface area contributed by atoms with Crippen LogP contribution < -0.4 is 20.9 Å². The van der Waals surface area contributed by atoms with Crippen molar-refractivity contribution in [3.63, 3.8) is 0 Å². The van der Waals surface area contributed by atoms with Gasteiger partial charge in [0.15, 0.2) is 0 Å². The summed E-state index contributed by atoms with van der Waals surface area (Å²) in [4.78, 5) is 25.3. The van der Waals surface area contributed by atoms with Crippen LogP contribution in [0, 0.1) is 0 Å². The Hall–Kier alpha value is -2.71. The first kappa shape index (κ1) is 18.6. The molecule has 1 aromatic carbocycles. The molecule has 0 saturated heterocycles. The molecule has 2 aromatic heterocycles. The molecule has 0 atom stereocenters. The van der Waals surface area contributed by atoms with Gasteiger partial charge in [0.1, 0.15) is 17.0 Å². The van der Waals surface area contributed by atoms with E-state index in [9.17, 15) is 4.79 Å². The maximum atomic E-state index is 12.0. The zero-order valence-electron chi connectivity index (χ0n) is 16.3. The molecule has 3 N–H and O–H groups in total. The lowest BCUT2D eigenvalue weighted by atomic mass is 10.1. The second-order valence-corrected chi connectivity index (χ2v) is 8.07. The van der Waals surface area contributed by atoms with Crippen LogP contribution in [0.15, 0.2) is 24.5 Å². The van der Waals surface area contributed by atoms with Gasteiger partial charge in [-0.05, 0) is 36.7 Å². The number of rotatable bonds is 5. The number of anilines is 4. The Morgan fingerprint density at radius 2 is 2.18 bits per heavy atom. The zero-order chi connectivity index (χ0) is 19.7. The summed E-state index contributed by atoms with van der Waals surface area (Å²) in [6, 6.07) is 5.96. The fourth-order valence-electron chi connectivity index (χ4n) is 3.43. The lowest BCUT2D eigenvalue weighted by Gasteiger charge is -2.19. The molecule has 7 nitrogen and oxygen atoms in total. The van der Waals surface area contributed by atoms with Gasteiger partial charge in [-0.2, -0.15) is 0 Å². The van der Waals surface area contributed by atoms with E-state index in [0.29, 0.717) is 6.42 Å². The molecule has 1 aliphatic rings. The zero-order valence-corrected chi connectivity index (χ0v) is 17.1. The van der Waals surface area contributed by atoms with Gasteiger partial charge in [0.25, 0.3) is 0 Å². The largest absolute Gasteiger partial charge is 0.376 e. The predicted molar refractivity (Wildman–Crippen MR) is 116 cm³/mol. The van der Waals surface area contributed by atoms with Gasteiger partial charge in [0.2, 0.25) is 5.91 Å². The summed E-state index contributed by atoms with van der Waals surface area (Å²) >= 11 is 1.73.